The highest BCUT2D eigenvalue weighted by atomic mass is 32.1. The monoisotopic (exact) mass is 436 g/mol. The molecule has 31 heavy (non-hydrogen) atoms. The van der Waals surface area contributed by atoms with Gasteiger partial charge in [-0.3, -0.25) is 0 Å². The Morgan fingerprint density at radius 1 is 0.806 bits per heavy atom. The molecule has 5 heteroatoms. The Bertz CT molecular complexity index is 876. The number of para-hydroxylation sites is 1. The summed E-state index contributed by atoms with van der Waals surface area (Å²) >= 11 is 1.73. The van der Waals surface area contributed by atoms with E-state index in [-0.39, 0.29) is 6.10 Å². The van der Waals surface area contributed by atoms with Crippen molar-refractivity contribution in [2.24, 2.45) is 0 Å². The van der Waals surface area contributed by atoms with Crippen molar-refractivity contribution in [1.29, 1.82) is 0 Å². The van der Waals surface area contributed by atoms with Crippen LogP contribution in [0, 0.1) is 0 Å². The number of piperazine rings is 1. The summed E-state index contributed by atoms with van der Waals surface area (Å²) < 4.78 is 12.3. The molecule has 0 saturated carbocycles. The van der Waals surface area contributed by atoms with Gasteiger partial charge in [-0.1, -0.05) is 25.1 Å². The Morgan fingerprint density at radius 2 is 1.45 bits per heavy atom. The summed E-state index contributed by atoms with van der Waals surface area (Å²) in [6.45, 7) is 9.22. The SMILES string of the molecule is CCCN1CCN(CCC(Oc2ccc(Oc3ccccc3)cc2)c2ccsc2)CC1. The number of hydrogen-bond acceptors (Lipinski definition) is 5. The zero-order chi connectivity index (χ0) is 21.3. The Labute approximate surface area is 190 Å². The predicted octanol–water partition coefficient (Wildman–Crippen LogP) is 6.08. The number of hydrogen-bond donors (Lipinski definition) is 0. The molecule has 2 aromatic carbocycles. The van der Waals surface area contributed by atoms with Gasteiger partial charge >= 0.3 is 0 Å². The average Bonchev–Trinajstić information content (AvgIpc) is 3.35. The molecule has 0 radical (unpaired) electrons. The fraction of sp³-hybridized carbons (Fsp3) is 0.385. The van der Waals surface area contributed by atoms with Crippen molar-refractivity contribution < 1.29 is 9.47 Å². The van der Waals surface area contributed by atoms with Crippen LogP contribution in [0.2, 0.25) is 0 Å². The minimum absolute atomic E-state index is 0.0702. The number of rotatable bonds is 10. The van der Waals surface area contributed by atoms with E-state index in [0.717, 1.165) is 43.3 Å². The second-order valence-corrected chi connectivity index (χ2v) is 8.80. The van der Waals surface area contributed by atoms with E-state index in [9.17, 15) is 0 Å². The van der Waals surface area contributed by atoms with Crippen LogP contribution in [0.3, 0.4) is 0 Å². The number of ether oxygens (including phenoxy) is 2. The minimum Gasteiger partial charge on any atom is -0.486 e. The number of benzene rings is 2. The third kappa shape index (κ3) is 6.57. The standard InChI is InChI=1S/C26H32N2O2S/c1-2-14-27-16-18-28(19-17-27)15-12-26(22-13-20-31-21-22)30-25-10-8-24(9-11-25)29-23-6-4-3-5-7-23/h3-11,13,20-21,26H,2,12,14-19H2,1H3. The Kier molecular flexibility index (Phi) is 7.99. The first-order valence-corrected chi connectivity index (χ1v) is 12.2. The van der Waals surface area contributed by atoms with Crippen LogP contribution in [-0.2, 0) is 0 Å². The third-order valence-corrected chi connectivity index (χ3v) is 6.41. The van der Waals surface area contributed by atoms with Gasteiger partial charge in [0.25, 0.3) is 0 Å². The first-order valence-electron chi connectivity index (χ1n) is 11.3. The van der Waals surface area contributed by atoms with Gasteiger partial charge in [-0.2, -0.15) is 11.3 Å². The molecule has 1 aliphatic heterocycles. The number of thiophene rings is 1. The van der Waals surface area contributed by atoms with Crippen LogP contribution >= 0.6 is 11.3 Å². The Balaban J connectivity index is 1.33. The van der Waals surface area contributed by atoms with Crippen LogP contribution in [0.5, 0.6) is 17.2 Å². The van der Waals surface area contributed by atoms with Crippen molar-refractivity contribution in [2.75, 3.05) is 39.3 Å². The van der Waals surface area contributed by atoms with Gasteiger partial charge in [-0.15, -0.1) is 0 Å². The molecule has 0 aliphatic carbocycles. The Morgan fingerprint density at radius 3 is 2.10 bits per heavy atom. The predicted molar refractivity (Wildman–Crippen MR) is 128 cm³/mol. The maximum absolute atomic E-state index is 6.43. The lowest BCUT2D eigenvalue weighted by molar-refractivity contribution is 0.110. The van der Waals surface area contributed by atoms with Crippen LogP contribution in [0.25, 0.3) is 0 Å². The molecule has 0 bridgehead atoms. The van der Waals surface area contributed by atoms with Gasteiger partial charge in [0.1, 0.15) is 23.4 Å². The third-order valence-electron chi connectivity index (χ3n) is 5.71. The van der Waals surface area contributed by atoms with Gasteiger partial charge in [0.15, 0.2) is 0 Å². The largest absolute Gasteiger partial charge is 0.486 e. The summed E-state index contributed by atoms with van der Waals surface area (Å²) in [5.41, 5.74) is 1.26. The average molecular weight is 437 g/mol. The highest BCUT2D eigenvalue weighted by Gasteiger charge is 2.20. The fourth-order valence-corrected chi connectivity index (χ4v) is 4.68. The van der Waals surface area contributed by atoms with Crippen LogP contribution in [0.1, 0.15) is 31.4 Å². The van der Waals surface area contributed by atoms with E-state index in [1.807, 2.05) is 54.6 Å². The van der Waals surface area contributed by atoms with Gasteiger partial charge in [-0.05, 0) is 66.2 Å². The van der Waals surface area contributed by atoms with Crippen LogP contribution < -0.4 is 9.47 Å². The summed E-state index contributed by atoms with van der Waals surface area (Å²) in [4.78, 5) is 5.15. The van der Waals surface area contributed by atoms with Crippen molar-refractivity contribution in [3.8, 4) is 17.2 Å². The molecular weight excluding hydrogens is 404 g/mol. The summed E-state index contributed by atoms with van der Waals surface area (Å²) in [5, 5.41) is 4.34. The molecule has 0 spiro atoms. The lowest BCUT2D eigenvalue weighted by Crippen LogP contribution is -2.46. The molecule has 4 nitrogen and oxygen atoms in total. The normalized spacial score (nSPS) is 16.2. The van der Waals surface area contributed by atoms with E-state index in [1.54, 1.807) is 11.3 Å². The van der Waals surface area contributed by atoms with Crippen molar-refractivity contribution in [3.05, 3.63) is 77.0 Å². The molecule has 1 saturated heterocycles. The summed E-state index contributed by atoms with van der Waals surface area (Å²) in [6, 6.07) is 20.0. The van der Waals surface area contributed by atoms with Gasteiger partial charge < -0.3 is 19.3 Å². The molecule has 0 N–H and O–H groups in total. The molecule has 1 aliphatic rings. The van der Waals surface area contributed by atoms with E-state index in [4.69, 9.17) is 9.47 Å². The highest BCUT2D eigenvalue weighted by Crippen LogP contribution is 2.29. The molecule has 164 valence electrons. The first-order chi connectivity index (χ1) is 15.3. The molecule has 2 heterocycles. The smallest absolute Gasteiger partial charge is 0.127 e. The molecule has 3 aromatic rings. The second-order valence-electron chi connectivity index (χ2n) is 8.02. The van der Waals surface area contributed by atoms with E-state index in [0.29, 0.717) is 0 Å². The second kappa shape index (κ2) is 11.3. The fourth-order valence-electron chi connectivity index (χ4n) is 3.98. The van der Waals surface area contributed by atoms with E-state index < -0.39 is 0 Å². The summed E-state index contributed by atoms with van der Waals surface area (Å²) in [6.07, 6.45) is 2.30. The van der Waals surface area contributed by atoms with Crippen molar-refractivity contribution in [1.82, 2.24) is 9.80 Å². The van der Waals surface area contributed by atoms with Gasteiger partial charge in [-0.25, -0.2) is 0 Å². The zero-order valence-electron chi connectivity index (χ0n) is 18.3. The summed E-state index contributed by atoms with van der Waals surface area (Å²) in [7, 11) is 0. The van der Waals surface area contributed by atoms with E-state index in [1.165, 1.54) is 31.6 Å². The molecule has 1 aromatic heterocycles. The molecule has 4 rings (SSSR count). The van der Waals surface area contributed by atoms with E-state index >= 15 is 0 Å². The molecule has 1 atom stereocenters. The lowest BCUT2D eigenvalue weighted by atomic mass is 10.1. The maximum Gasteiger partial charge on any atom is 0.127 e. The van der Waals surface area contributed by atoms with Gasteiger partial charge in [0.05, 0.1) is 0 Å². The maximum atomic E-state index is 6.43. The minimum atomic E-state index is 0.0702. The van der Waals surface area contributed by atoms with E-state index in [2.05, 4.69) is 33.6 Å². The van der Waals surface area contributed by atoms with Gasteiger partial charge in [0.2, 0.25) is 0 Å². The summed E-state index contributed by atoms with van der Waals surface area (Å²) in [5.74, 6) is 2.53. The topological polar surface area (TPSA) is 24.9 Å². The molecule has 1 unspecified atom stereocenters. The van der Waals surface area contributed by atoms with Crippen LogP contribution in [0.4, 0.5) is 0 Å². The zero-order valence-corrected chi connectivity index (χ0v) is 19.1. The molecular formula is C26H32N2O2S. The first kappa shape index (κ1) is 21.9. The van der Waals surface area contributed by atoms with Gasteiger partial charge in [0, 0.05) is 44.7 Å². The van der Waals surface area contributed by atoms with Crippen LogP contribution in [-0.4, -0.2) is 49.1 Å². The molecule has 0 amide bonds. The van der Waals surface area contributed by atoms with Crippen LogP contribution in [0.15, 0.2) is 71.4 Å². The lowest BCUT2D eigenvalue weighted by Gasteiger charge is -2.35. The highest BCUT2D eigenvalue weighted by molar-refractivity contribution is 7.07. The van der Waals surface area contributed by atoms with Crippen molar-refractivity contribution in [3.63, 3.8) is 0 Å². The Hall–Kier alpha value is -2.34. The quantitative estimate of drug-likeness (QED) is 0.385. The van der Waals surface area contributed by atoms with Crippen molar-refractivity contribution >= 4 is 11.3 Å². The molecule has 1 fully saturated rings. The number of nitrogens with zero attached hydrogens (tertiary/aromatic N) is 2. The van der Waals surface area contributed by atoms with Crippen molar-refractivity contribution in [2.45, 2.75) is 25.9 Å².